The number of carboxylic acid groups (broad SMARTS) is 1. The van der Waals surface area contributed by atoms with E-state index < -0.39 is 17.8 Å². The lowest BCUT2D eigenvalue weighted by atomic mass is 9.82. The average molecular weight is 303 g/mol. The zero-order valence-electron chi connectivity index (χ0n) is 12.6. The first-order chi connectivity index (χ1) is 10.6. The van der Waals surface area contributed by atoms with Gasteiger partial charge in [-0.15, -0.1) is 0 Å². The van der Waals surface area contributed by atoms with E-state index in [4.69, 9.17) is 4.74 Å². The third-order valence-corrected chi connectivity index (χ3v) is 3.96. The van der Waals surface area contributed by atoms with Crippen LogP contribution < -0.4 is 10.1 Å². The summed E-state index contributed by atoms with van der Waals surface area (Å²) in [7, 11) is 1.62. The van der Waals surface area contributed by atoms with Crippen molar-refractivity contribution >= 4 is 11.9 Å². The Balaban J connectivity index is 1.83. The number of methoxy groups -OCH3 is 1. The Labute approximate surface area is 130 Å². The number of allylic oxidation sites excluding steroid dienone is 2. The predicted octanol–water partition coefficient (Wildman–Crippen LogP) is 2.02. The number of amides is 1. The van der Waals surface area contributed by atoms with E-state index in [9.17, 15) is 14.7 Å². The van der Waals surface area contributed by atoms with Crippen LogP contribution in [0.4, 0.5) is 0 Å². The van der Waals surface area contributed by atoms with Gasteiger partial charge in [0.2, 0.25) is 5.91 Å². The van der Waals surface area contributed by atoms with Crippen LogP contribution in [0.25, 0.3) is 0 Å². The molecule has 0 unspecified atom stereocenters. The van der Waals surface area contributed by atoms with Crippen molar-refractivity contribution in [1.29, 1.82) is 0 Å². The fourth-order valence-corrected chi connectivity index (χ4v) is 2.63. The number of benzene rings is 1. The van der Waals surface area contributed by atoms with Crippen LogP contribution in [0.3, 0.4) is 0 Å². The summed E-state index contributed by atoms with van der Waals surface area (Å²) in [6.45, 7) is 0.498. The van der Waals surface area contributed by atoms with E-state index in [1.165, 1.54) is 0 Å². The number of carboxylic acids is 1. The number of aliphatic carboxylic acids is 1. The van der Waals surface area contributed by atoms with Gasteiger partial charge >= 0.3 is 5.97 Å². The number of hydrogen-bond acceptors (Lipinski definition) is 3. The Hall–Kier alpha value is -2.30. The van der Waals surface area contributed by atoms with Crippen molar-refractivity contribution in [1.82, 2.24) is 5.32 Å². The van der Waals surface area contributed by atoms with Crippen molar-refractivity contribution in [2.45, 2.75) is 19.3 Å². The molecule has 2 atom stereocenters. The Bertz CT molecular complexity index is 550. The average Bonchev–Trinajstić information content (AvgIpc) is 2.55. The lowest BCUT2D eigenvalue weighted by Gasteiger charge is -2.24. The summed E-state index contributed by atoms with van der Waals surface area (Å²) in [5.41, 5.74) is 1.10. The first-order valence-corrected chi connectivity index (χ1v) is 7.40. The number of carbonyl (C=O) groups is 2. The maximum Gasteiger partial charge on any atom is 0.307 e. The molecule has 5 heteroatoms. The molecule has 22 heavy (non-hydrogen) atoms. The fraction of sp³-hybridized carbons (Fsp3) is 0.412. The minimum atomic E-state index is -0.903. The molecule has 5 nitrogen and oxygen atoms in total. The predicted molar refractivity (Wildman–Crippen MR) is 82.7 cm³/mol. The van der Waals surface area contributed by atoms with Gasteiger partial charge in [0.15, 0.2) is 0 Å². The van der Waals surface area contributed by atoms with Crippen LogP contribution >= 0.6 is 0 Å². The minimum Gasteiger partial charge on any atom is -0.497 e. The van der Waals surface area contributed by atoms with Gasteiger partial charge in [0.1, 0.15) is 5.75 Å². The third kappa shape index (κ3) is 4.10. The molecule has 1 aliphatic carbocycles. The van der Waals surface area contributed by atoms with Crippen LogP contribution in [0.1, 0.15) is 18.4 Å². The van der Waals surface area contributed by atoms with Gasteiger partial charge in [-0.3, -0.25) is 9.59 Å². The van der Waals surface area contributed by atoms with Crippen LogP contribution in [-0.2, 0) is 16.0 Å². The molecule has 1 aromatic rings. The van der Waals surface area contributed by atoms with Crippen molar-refractivity contribution in [2.75, 3.05) is 13.7 Å². The summed E-state index contributed by atoms with van der Waals surface area (Å²) >= 11 is 0. The quantitative estimate of drug-likeness (QED) is 0.788. The Kier molecular flexibility index (Phi) is 5.58. The highest BCUT2D eigenvalue weighted by Gasteiger charge is 2.33. The second-order valence-electron chi connectivity index (χ2n) is 5.38. The van der Waals surface area contributed by atoms with Crippen LogP contribution in [-0.4, -0.2) is 30.6 Å². The van der Waals surface area contributed by atoms with E-state index in [2.05, 4.69) is 5.32 Å². The second-order valence-corrected chi connectivity index (χ2v) is 5.38. The minimum absolute atomic E-state index is 0.176. The van der Waals surface area contributed by atoms with Gasteiger partial charge in [-0.25, -0.2) is 0 Å². The molecule has 2 N–H and O–H groups in total. The first kappa shape index (κ1) is 16.1. The molecular formula is C17H21NO4. The molecule has 0 aliphatic heterocycles. The van der Waals surface area contributed by atoms with Gasteiger partial charge in [0.25, 0.3) is 0 Å². The molecule has 2 rings (SSSR count). The molecule has 0 spiro atoms. The maximum atomic E-state index is 12.2. The second kappa shape index (κ2) is 7.64. The number of carbonyl (C=O) groups excluding carboxylic acids is 1. The van der Waals surface area contributed by atoms with Crippen molar-refractivity contribution in [2.24, 2.45) is 11.8 Å². The molecule has 1 aliphatic rings. The standard InChI is InChI=1S/C17H21NO4/c1-22-13-8-6-12(7-9-13)10-11-18-16(19)14-4-2-3-5-15(14)17(20)21/h2-3,6-9,14-15H,4-5,10-11H2,1H3,(H,18,19)(H,20,21)/t14-,15-/m0/s1. The smallest absolute Gasteiger partial charge is 0.307 e. The van der Waals surface area contributed by atoms with Gasteiger partial charge in [-0.2, -0.15) is 0 Å². The molecule has 0 fully saturated rings. The van der Waals surface area contributed by atoms with Gasteiger partial charge < -0.3 is 15.2 Å². The molecule has 0 aromatic heterocycles. The highest BCUT2D eigenvalue weighted by atomic mass is 16.5. The van der Waals surface area contributed by atoms with E-state index in [0.717, 1.165) is 11.3 Å². The number of ether oxygens (including phenoxy) is 1. The lowest BCUT2D eigenvalue weighted by Crippen LogP contribution is -2.39. The number of nitrogens with one attached hydrogen (secondary N) is 1. The molecule has 0 saturated heterocycles. The summed E-state index contributed by atoms with van der Waals surface area (Å²) in [6.07, 6.45) is 5.33. The van der Waals surface area contributed by atoms with Crippen molar-refractivity contribution in [3.05, 3.63) is 42.0 Å². The van der Waals surface area contributed by atoms with E-state index >= 15 is 0 Å². The maximum absolute atomic E-state index is 12.2. The van der Waals surface area contributed by atoms with Gasteiger partial charge in [0.05, 0.1) is 18.9 Å². The lowest BCUT2D eigenvalue weighted by molar-refractivity contribution is -0.147. The monoisotopic (exact) mass is 303 g/mol. The highest BCUT2D eigenvalue weighted by molar-refractivity contribution is 5.85. The summed E-state index contributed by atoms with van der Waals surface area (Å²) < 4.78 is 5.09. The normalized spacial score (nSPS) is 20.4. The van der Waals surface area contributed by atoms with E-state index in [0.29, 0.717) is 25.8 Å². The zero-order chi connectivity index (χ0) is 15.9. The van der Waals surface area contributed by atoms with E-state index in [1.54, 1.807) is 7.11 Å². The van der Waals surface area contributed by atoms with Crippen LogP contribution in [0.2, 0.25) is 0 Å². The van der Waals surface area contributed by atoms with Crippen LogP contribution in [0.15, 0.2) is 36.4 Å². The molecule has 0 heterocycles. The van der Waals surface area contributed by atoms with Crippen molar-refractivity contribution < 1.29 is 19.4 Å². The number of rotatable bonds is 6. The largest absolute Gasteiger partial charge is 0.497 e. The molecular weight excluding hydrogens is 282 g/mol. The number of hydrogen-bond donors (Lipinski definition) is 2. The van der Waals surface area contributed by atoms with Gasteiger partial charge in [0, 0.05) is 6.54 Å². The zero-order valence-corrected chi connectivity index (χ0v) is 12.6. The summed E-state index contributed by atoms with van der Waals surface area (Å²) in [6, 6.07) is 7.66. The molecule has 1 aromatic carbocycles. The topological polar surface area (TPSA) is 75.6 Å². The molecule has 1 amide bonds. The van der Waals surface area contributed by atoms with Gasteiger partial charge in [-0.1, -0.05) is 24.3 Å². The highest BCUT2D eigenvalue weighted by Crippen LogP contribution is 2.26. The molecule has 0 bridgehead atoms. The SMILES string of the molecule is COc1ccc(CCNC(=O)[C@H]2CC=CC[C@@H]2C(=O)O)cc1. The van der Waals surface area contributed by atoms with Crippen LogP contribution in [0.5, 0.6) is 5.75 Å². The molecule has 118 valence electrons. The van der Waals surface area contributed by atoms with E-state index in [1.807, 2.05) is 36.4 Å². The van der Waals surface area contributed by atoms with Crippen molar-refractivity contribution in [3.63, 3.8) is 0 Å². The Morgan fingerprint density at radius 1 is 1.18 bits per heavy atom. The summed E-state index contributed by atoms with van der Waals surface area (Å²) in [4.78, 5) is 23.4. The van der Waals surface area contributed by atoms with Gasteiger partial charge in [-0.05, 0) is 37.0 Å². The molecule has 0 saturated carbocycles. The summed E-state index contributed by atoms with van der Waals surface area (Å²) in [5, 5.41) is 12.0. The van der Waals surface area contributed by atoms with Crippen molar-refractivity contribution in [3.8, 4) is 5.75 Å². The summed E-state index contributed by atoms with van der Waals surface area (Å²) in [5.74, 6) is -1.37. The Morgan fingerprint density at radius 2 is 1.82 bits per heavy atom. The third-order valence-electron chi connectivity index (χ3n) is 3.96. The van der Waals surface area contributed by atoms with Crippen LogP contribution in [0, 0.1) is 11.8 Å². The fourth-order valence-electron chi connectivity index (χ4n) is 2.63. The molecule has 0 radical (unpaired) electrons. The van der Waals surface area contributed by atoms with E-state index in [-0.39, 0.29) is 5.91 Å². The Morgan fingerprint density at radius 3 is 2.41 bits per heavy atom. The first-order valence-electron chi connectivity index (χ1n) is 7.40.